The highest BCUT2D eigenvalue weighted by Gasteiger charge is 2.27. The molecule has 0 aliphatic carbocycles. The molecule has 0 aliphatic heterocycles. The van der Waals surface area contributed by atoms with Gasteiger partial charge in [0.05, 0.1) is 6.54 Å². The Kier molecular flexibility index (Phi) is 4.90. The Bertz CT molecular complexity index is 652. The van der Waals surface area contributed by atoms with Crippen LogP contribution in [0.15, 0.2) is 54.6 Å². The van der Waals surface area contributed by atoms with Crippen LogP contribution in [0.1, 0.15) is 33.3 Å². The Morgan fingerprint density at radius 1 is 0.913 bits per heavy atom. The van der Waals surface area contributed by atoms with E-state index in [1.165, 1.54) is 0 Å². The molecule has 0 heterocycles. The standard InChI is InChI=1S/C20H25NO2/c1-19(2,3)18(22)21-14-20(4,23)17-12-10-16(11-13-17)15-8-6-5-7-9-15/h5-13,23H,14H2,1-4H3,(H,21,22)/t20-/m1/s1. The molecule has 0 saturated heterocycles. The van der Waals surface area contributed by atoms with Crippen LogP contribution < -0.4 is 5.32 Å². The fourth-order valence-corrected chi connectivity index (χ4v) is 2.27. The van der Waals surface area contributed by atoms with E-state index in [1.54, 1.807) is 6.92 Å². The average Bonchev–Trinajstić information content (AvgIpc) is 2.53. The number of hydrogen-bond donors (Lipinski definition) is 2. The highest BCUT2D eigenvalue weighted by Crippen LogP contribution is 2.25. The SMILES string of the molecule is CC(C)(C)C(=O)NC[C@@](C)(O)c1ccc(-c2ccccc2)cc1. The summed E-state index contributed by atoms with van der Waals surface area (Å²) in [4.78, 5) is 12.0. The van der Waals surface area contributed by atoms with Crippen molar-refractivity contribution in [2.24, 2.45) is 5.41 Å². The first kappa shape index (κ1) is 17.2. The van der Waals surface area contributed by atoms with E-state index >= 15 is 0 Å². The Morgan fingerprint density at radius 2 is 1.43 bits per heavy atom. The summed E-state index contributed by atoms with van der Waals surface area (Å²) in [6.07, 6.45) is 0. The molecule has 3 heteroatoms. The second-order valence-corrected chi connectivity index (χ2v) is 7.15. The molecule has 0 radical (unpaired) electrons. The van der Waals surface area contributed by atoms with Gasteiger partial charge in [0.25, 0.3) is 0 Å². The van der Waals surface area contributed by atoms with Crippen LogP contribution in [0.2, 0.25) is 0 Å². The Hall–Kier alpha value is -2.13. The molecule has 0 unspecified atom stereocenters. The number of amides is 1. The molecule has 2 N–H and O–H groups in total. The zero-order valence-electron chi connectivity index (χ0n) is 14.3. The molecule has 3 nitrogen and oxygen atoms in total. The van der Waals surface area contributed by atoms with Gasteiger partial charge in [-0.3, -0.25) is 4.79 Å². The van der Waals surface area contributed by atoms with Crippen molar-refractivity contribution >= 4 is 5.91 Å². The van der Waals surface area contributed by atoms with Crippen molar-refractivity contribution in [3.8, 4) is 11.1 Å². The fourth-order valence-electron chi connectivity index (χ4n) is 2.27. The first-order chi connectivity index (χ1) is 10.7. The normalized spacial score (nSPS) is 14.1. The summed E-state index contributed by atoms with van der Waals surface area (Å²) in [5.74, 6) is -0.0707. The van der Waals surface area contributed by atoms with E-state index in [0.29, 0.717) is 0 Å². The van der Waals surface area contributed by atoms with Gasteiger partial charge < -0.3 is 10.4 Å². The van der Waals surface area contributed by atoms with Gasteiger partial charge in [0.2, 0.25) is 5.91 Å². The molecule has 23 heavy (non-hydrogen) atoms. The lowest BCUT2D eigenvalue weighted by Gasteiger charge is -2.27. The molecule has 0 aliphatic rings. The predicted octanol–water partition coefficient (Wildman–Crippen LogP) is 3.72. The summed E-state index contributed by atoms with van der Waals surface area (Å²) in [5, 5.41) is 13.5. The molecule has 0 fully saturated rings. The molecule has 0 bridgehead atoms. The van der Waals surface area contributed by atoms with Crippen LogP contribution in [0.5, 0.6) is 0 Å². The number of hydrogen-bond acceptors (Lipinski definition) is 2. The molecular formula is C20H25NO2. The lowest BCUT2D eigenvalue weighted by atomic mass is 9.92. The van der Waals surface area contributed by atoms with Gasteiger partial charge in [0, 0.05) is 5.41 Å². The van der Waals surface area contributed by atoms with E-state index in [0.717, 1.165) is 16.7 Å². The first-order valence-corrected chi connectivity index (χ1v) is 7.87. The van der Waals surface area contributed by atoms with Gasteiger partial charge in [-0.2, -0.15) is 0 Å². The van der Waals surface area contributed by atoms with Crippen LogP contribution in [-0.4, -0.2) is 17.6 Å². The van der Waals surface area contributed by atoms with Gasteiger partial charge in [-0.25, -0.2) is 0 Å². The van der Waals surface area contributed by atoms with Gasteiger partial charge in [-0.15, -0.1) is 0 Å². The van der Waals surface area contributed by atoms with Gasteiger partial charge in [-0.05, 0) is 23.6 Å². The third kappa shape index (κ3) is 4.42. The largest absolute Gasteiger partial charge is 0.384 e. The van der Waals surface area contributed by atoms with Crippen molar-refractivity contribution in [2.45, 2.75) is 33.3 Å². The van der Waals surface area contributed by atoms with Crippen molar-refractivity contribution < 1.29 is 9.90 Å². The summed E-state index contributed by atoms with van der Waals surface area (Å²) in [5.41, 5.74) is 1.46. The molecule has 2 aromatic rings. The topological polar surface area (TPSA) is 49.3 Å². The number of rotatable bonds is 4. The smallest absolute Gasteiger partial charge is 0.225 e. The summed E-state index contributed by atoms with van der Waals surface area (Å²) in [6.45, 7) is 7.46. The third-order valence-electron chi connectivity index (χ3n) is 3.89. The van der Waals surface area contributed by atoms with E-state index in [9.17, 15) is 9.90 Å². The lowest BCUT2D eigenvalue weighted by Crippen LogP contribution is -2.43. The zero-order chi connectivity index (χ0) is 17.1. The number of carbonyl (C=O) groups excluding carboxylic acids is 1. The monoisotopic (exact) mass is 311 g/mol. The van der Waals surface area contributed by atoms with Crippen LogP contribution in [-0.2, 0) is 10.4 Å². The first-order valence-electron chi connectivity index (χ1n) is 7.87. The van der Waals surface area contributed by atoms with Crippen LogP contribution >= 0.6 is 0 Å². The van der Waals surface area contributed by atoms with Crippen molar-refractivity contribution in [3.63, 3.8) is 0 Å². The number of benzene rings is 2. The Balaban J connectivity index is 2.10. The second-order valence-electron chi connectivity index (χ2n) is 7.15. The highest BCUT2D eigenvalue weighted by atomic mass is 16.3. The van der Waals surface area contributed by atoms with Crippen molar-refractivity contribution in [1.82, 2.24) is 5.32 Å². The quantitative estimate of drug-likeness (QED) is 0.904. The van der Waals surface area contributed by atoms with Crippen LogP contribution in [0.4, 0.5) is 0 Å². The maximum atomic E-state index is 12.0. The molecule has 2 rings (SSSR count). The number of nitrogens with one attached hydrogen (secondary N) is 1. The molecule has 0 aromatic heterocycles. The number of aliphatic hydroxyl groups is 1. The summed E-state index contributed by atoms with van der Waals surface area (Å²) in [6, 6.07) is 17.9. The molecule has 0 saturated carbocycles. The molecule has 0 spiro atoms. The van der Waals surface area contributed by atoms with Gasteiger partial charge in [0.1, 0.15) is 5.60 Å². The Labute approximate surface area is 138 Å². The van der Waals surface area contributed by atoms with Gasteiger partial charge >= 0.3 is 0 Å². The maximum Gasteiger partial charge on any atom is 0.225 e. The van der Waals surface area contributed by atoms with Crippen LogP contribution in [0.25, 0.3) is 11.1 Å². The lowest BCUT2D eigenvalue weighted by molar-refractivity contribution is -0.129. The van der Waals surface area contributed by atoms with Crippen molar-refractivity contribution in [1.29, 1.82) is 0 Å². The van der Waals surface area contributed by atoms with Crippen molar-refractivity contribution in [2.75, 3.05) is 6.54 Å². The minimum Gasteiger partial charge on any atom is -0.384 e. The molecular weight excluding hydrogens is 286 g/mol. The fraction of sp³-hybridized carbons (Fsp3) is 0.350. The van der Waals surface area contributed by atoms with Gasteiger partial charge in [-0.1, -0.05) is 75.4 Å². The van der Waals surface area contributed by atoms with E-state index in [2.05, 4.69) is 17.4 Å². The third-order valence-corrected chi connectivity index (χ3v) is 3.89. The zero-order valence-corrected chi connectivity index (χ0v) is 14.3. The second kappa shape index (κ2) is 6.55. The molecule has 1 atom stereocenters. The van der Waals surface area contributed by atoms with E-state index in [4.69, 9.17) is 0 Å². The van der Waals surface area contributed by atoms with Crippen molar-refractivity contribution in [3.05, 3.63) is 60.2 Å². The summed E-state index contributed by atoms with van der Waals surface area (Å²) in [7, 11) is 0. The Morgan fingerprint density at radius 3 is 1.96 bits per heavy atom. The minimum absolute atomic E-state index is 0.0707. The minimum atomic E-state index is -1.10. The molecule has 2 aromatic carbocycles. The van der Waals surface area contributed by atoms with Crippen LogP contribution in [0.3, 0.4) is 0 Å². The summed E-state index contributed by atoms with van der Waals surface area (Å²) >= 11 is 0. The highest BCUT2D eigenvalue weighted by molar-refractivity contribution is 5.81. The van der Waals surface area contributed by atoms with E-state index < -0.39 is 11.0 Å². The number of carbonyl (C=O) groups is 1. The average molecular weight is 311 g/mol. The molecule has 122 valence electrons. The molecule has 1 amide bonds. The predicted molar refractivity (Wildman–Crippen MR) is 93.9 cm³/mol. The van der Waals surface area contributed by atoms with Gasteiger partial charge in [0.15, 0.2) is 0 Å². The maximum absolute atomic E-state index is 12.0. The van der Waals surface area contributed by atoms with E-state index in [1.807, 2.05) is 63.2 Å². The summed E-state index contributed by atoms with van der Waals surface area (Å²) < 4.78 is 0. The van der Waals surface area contributed by atoms with E-state index in [-0.39, 0.29) is 12.5 Å². The van der Waals surface area contributed by atoms with Crippen LogP contribution in [0, 0.1) is 5.41 Å².